The van der Waals surface area contributed by atoms with Gasteiger partial charge in [0.05, 0.1) is 17.6 Å². The van der Waals surface area contributed by atoms with E-state index in [0.29, 0.717) is 0 Å². The summed E-state index contributed by atoms with van der Waals surface area (Å²) in [5, 5.41) is 18.2. The van der Waals surface area contributed by atoms with E-state index in [1.165, 1.54) is 0 Å². The summed E-state index contributed by atoms with van der Waals surface area (Å²) in [6, 6.07) is 4.68. The molecule has 4 unspecified atom stereocenters. The van der Waals surface area contributed by atoms with E-state index in [1.807, 2.05) is 12.2 Å². The summed E-state index contributed by atoms with van der Waals surface area (Å²) in [7, 11) is 0. The predicted molar refractivity (Wildman–Crippen MR) is 50.6 cm³/mol. The van der Waals surface area contributed by atoms with Crippen molar-refractivity contribution < 1.29 is 0 Å². The summed E-state index contributed by atoms with van der Waals surface area (Å²) < 4.78 is 0. The molecule has 14 heavy (non-hydrogen) atoms. The largest absolute Gasteiger partial charge is 0.197 e. The van der Waals surface area contributed by atoms with Gasteiger partial charge >= 0.3 is 0 Å². The first kappa shape index (κ1) is 7.83. The van der Waals surface area contributed by atoms with Crippen LogP contribution in [0.1, 0.15) is 13.8 Å². The molecule has 3 aliphatic rings. The molecule has 4 atom stereocenters. The number of hydrogen-bond donors (Lipinski definition) is 0. The van der Waals surface area contributed by atoms with Gasteiger partial charge in [-0.15, -0.1) is 0 Å². The highest BCUT2D eigenvalue weighted by molar-refractivity contribution is 5.61. The third kappa shape index (κ3) is 0.399. The highest BCUT2D eigenvalue weighted by Crippen LogP contribution is 2.85. The van der Waals surface area contributed by atoms with E-state index in [-0.39, 0.29) is 22.2 Å². The summed E-state index contributed by atoms with van der Waals surface area (Å²) in [4.78, 5) is 0. The van der Waals surface area contributed by atoms with E-state index < -0.39 is 0 Å². The van der Waals surface area contributed by atoms with E-state index in [1.54, 1.807) is 0 Å². The first-order chi connectivity index (χ1) is 6.57. The van der Waals surface area contributed by atoms with Crippen molar-refractivity contribution in [2.75, 3.05) is 0 Å². The number of rotatable bonds is 0. The number of nitrogens with zero attached hydrogens (tertiary/aromatic N) is 2. The Morgan fingerprint density at radius 3 is 2.50 bits per heavy atom. The minimum absolute atomic E-state index is 0.0419. The van der Waals surface area contributed by atoms with Gasteiger partial charge in [-0.1, -0.05) is 32.1 Å². The number of fused-ring (bicyclic) bond motifs is 1. The van der Waals surface area contributed by atoms with Crippen molar-refractivity contribution in [3.05, 3.63) is 23.8 Å². The quantitative estimate of drug-likeness (QED) is 0.539. The van der Waals surface area contributed by atoms with Crippen molar-refractivity contribution in [2.24, 2.45) is 22.2 Å². The van der Waals surface area contributed by atoms with Crippen LogP contribution in [0.5, 0.6) is 0 Å². The minimum atomic E-state index is -0.303. The molecular weight excluding hydrogens is 172 g/mol. The topological polar surface area (TPSA) is 47.6 Å². The molecule has 0 aliphatic heterocycles. The SMILES string of the molecule is CC12C=CC3(C#N)C(C=C1C#N)C23C. The van der Waals surface area contributed by atoms with Gasteiger partial charge in [-0.25, -0.2) is 0 Å². The fourth-order valence-electron chi connectivity index (χ4n) is 3.57. The van der Waals surface area contributed by atoms with Crippen LogP contribution >= 0.6 is 0 Å². The van der Waals surface area contributed by atoms with Gasteiger partial charge in [-0.2, -0.15) is 10.5 Å². The normalized spacial score (nSPS) is 56.0. The van der Waals surface area contributed by atoms with Crippen molar-refractivity contribution in [1.82, 2.24) is 0 Å². The molecule has 1 fully saturated rings. The van der Waals surface area contributed by atoms with Crippen LogP contribution in [0.15, 0.2) is 23.8 Å². The summed E-state index contributed by atoms with van der Waals surface area (Å²) in [6.45, 7) is 4.20. The molecule has 0 aromatic carbocycles. The number of nitriles is 2. The standard InChI is InChI=1S/C12H10N2/c1-10-3-4-12(7-14)9(11(10,12)2)5-8(10)6-13/h3-5,9H,1-2H3. The Hall–Kier alpha value is -1.54. The van der Waals surface area contributed by atoms with E-state index >= 15 is 0 Å². The molecule has 0 heterocycles. The molecule has 2 nitrogen and oxygen atoms in total. The van der Waals surface area contributed by atoms with E-state index in [4.69, 9.17) is 5.26 Å². The maximum atomic E-state index is 9.21. The Labute approximate surface area is 83.1 Å². The minimum Gasteiger partial charge on any atom is -0.197 e. The zero-order valence-electron chi connectivity index (χ0n) is 8.20. The molecule has 0 saturated heterocycles. The molecule has 68 valence electrons. The van der Waals surface area contributed by atoms with Crippen molar-refractivity contribution in [1.29, 1.82) is 10.5 Å². The second-order valence-electron chi connectivity index (χ2n) is 4.89. The summed E-state index contributed by atoms with van der Waals surface area (Å²) in [6.07, 6.45) is 6.07. The van der Waals surface area contributed by atoms with Crippen molar-refractivity contribution in [2.45, 2.75) is 13.8 Å². The maximum absolute atomic E-state index is 9.21. The van der Waals surface area contributed by atoms with Crippen LogP contribution < -0.4 is 0 Å². The van der Waals surface area contributed by atoms with Gasteiger partial charge in [0, 0.05) is 22.3 Å². The third-order valence-electron chi connectivity index (χ3n) is 4.85. The van der Waals surface area contributed by atoms with Crippen LogP contribution in [0.4, 0.5) is 0 Å². The van der Waals surface area contributed by atoms with Gasteiger partial charge in [0.1, 0.15) is 0 Å². The lowest BCUT2D eigenvalue weighted by Crippen LogP contribution is -2.24. The Bertz CT molecular complexity index is 487. The molecular formula is C12H10N2. The highest BCUT2D eigenvalue weighted by atomic mass is 14.8. The average molecular weight is 182 g/mol. The molecule has 0 aromatic heterocycles. The Kier molecular flexibility index (Phi) is 0.930. The lowest BCUT2D eigenvalue weighted by atomic mass is 9.73. The van der Waals surface area contributed by atoms with Crippen LogP contribution in [-0.2, 0) is 0 Å². The van der Waals surface area contributed by atoms with Crippen molar-refractivity contribution in [3.8, 4) is 12.1 Å². The van der Waals surface area contributed by atoms with Crippen LogP contribution in [0.3, 0.4) is 0 Å². The Morgan fingerprint density at radius 2 is 2.00 bits per heavy atom. The second-order valence-corrected chi connectivity index (χ2v) is 4.89. The molecule has 3 aliphatic carbocycles. The predicted octanol–water partition coefficient (Wildman–Crippen LogP) is 2.17. The van der Waals surface area contributed by atoms with Crippen LogP contribution in [0.2, 0.25) is 0 Å². The van der Waals surface area contributed by atoms with E-state index in [9.17, 15) is 5.26 Å². The van der Waals surface area contributed by atoms with Gasteiger partial charge in [-0.05, 0) is 0 Å². The van der Waals surface area contributed by atoms with Gasteiger partial charge in [0.15, 0.2) is 0 Å². The average Bonchev–Trinajstić information content (AvgIpc) is 2.57. The maximum Gasteiger partial charge on any atom is 0.0953 e. The lowest BCUT2D eigenvalue weighted by Gasteiger charge is -2.27. The van der Waals surface area contributed by atoms with Gasteiger partial charge < -0.3 is 0 Å². The molecule has 3 rings (SSSR count). The van der Waals surface area contributed by atoms with Crippen LogP contribution in [0, 0.1) is 44.8 Å². The summed E-state index contributed by atoms with van der Waals surface area (Å²) >= 11 is 0. The first-order valence-electron chi connectivity index (χ1n) is 4.81. The van der Waals surface area contributed by atoms with Crippen LogP contribution in [-0.4, -0.2) is 0 Å². The Balaban J connectivity index is 2.27. The van der Waals surface area contributed by atoms with Crippen molar-refractivity contribution >= 4 is 0 Å². The first-order valence-corrected chi connectivity index (χ1v) is 4.81. The molecule has 0 spiro atoms. The lowest BCUT2D eigenvalue weighted by molar-refractivity contribution is 0.306. The molecule has 0 bridgehead atoms. The van der Waals surface area contributed by atoms with Gasteiger partial charge in [0.2, 0.25) is 0 Å². The molecule has 0 radical (unpaired) electrons. The molecule has 2 heteroatoms. The van der Waals surface area contributed by atoms with Gasteiger partial charge in [-0.3, -0.25) is 0 Å². The van der Waals surface area contributed by atoms with Gasteiger partial charge in [0.25, 0.3) is 0 Å². The molecule has 0 N–H and O–H groups in total. The van der Waals surface area contributed by atoms with E-state index in [0.717, 1.165) is 5.57 Å². The second kappa shape index (κ2) is 1.66. The fourth-order valence-corrected chi connectivity index (χ4v) is 3.57. The molecule has 0 aromatic rings. The van der Waals surface area contributed by atoms with Crippen molar-refractivity contribution in [3.63, 3.8) is 0 Å². The zero-order chi connectivity index (χ0) is 10.2. The molecule has 0 amide bonds. The number of hydrogen-bond acceptors (Lipinski definition) is 2. The highest BCUT2D eigenvalue weighted by Gasteiger charge is 2.84. The smallest absolute Gasteiger partial charge is 0.0953 e. The Morgan fingerprint density at radius 1 is 1.29 bits per heavy atom. The number of allylic oxidation sites excluding steroid dienone is 4. The monoisotopic (exact) mass is 182 g/mol. The van der Waals surface area contributed by atoms with E-state index in [2.05, 4.69) is 32.1 Å². The summed E-state index contributed by atoms with van der Waals surface area (Å²) in [5.41, 5.74) is 0.300. The molecule has 1 saturated carbocycles. The fraction of sp³-hybridized carbons (Fsp3) is 0.500. The zero-order valence-corrected chi connectivity index (χ0v) is 8.20. The summed E-state index contributed by atoms with van der Waals surface area (Å²) in [5.74, 6) is 0.268. The third-order valence-corrected chi connectivity index (χ3v) is 4.85. The van der Waals surface area contributed by atoms with Crippen LogP contribution in [0.25, 0.3) is 0 Å².